The molecular weight excluding hydrogens is 308 g/mol. The van der Waals surface area contributed by atoms with Gasteiger partial charge in [0.15, 0.2) is 5.82 Å². The van der Waals surface area contributed by atoms with Gasteiger partial charge in [-0.1, -0.05) is 19.3 Å². The number of hydrogen-bond donors (Lipinski definition) is 2. The van der Waals surface area contributed by atoms with E-state index in [2.05, 4.69) is 33.5 Å². The summed E-state index contributed by atoms with van der Waals surface area (Å²) >= 11 is 1.59. The number of carbonyl (C=O) groups is 1. The van der Waals surface area contributed by atoms with Crippen molar-refractivity contribution in [2.45, 2.75) is 46.0 Å². The molecule has 0 bridgehead atoms. The number of aromatic nitrogens is 3. The molecule has 1 aliphatic carbocycles. The summed E-state index contributed by atoms with van der Waals surface area (Å²) in [5, 5.41) is 11.6. The number of carbonyl (C=O) groups excluding carboxylic acids is 1. The minimum atomic E-state index is 0.108. The number of anilines is 1. The predicted octanol–water partition coefficient (Wildman–Crippen LogP) is 4.31. The van der Waals surface area contributed by atoms with E-state index >= 15 is 0 Å². The first-order valence-electron chi connectivity index (χ1n) is 8.19. The molecule has 2 N–H and O–H groups in total. The summed E-state index contributed by atoms with van der Waals surface area (Å²) in [4.78, 5) is 18.1. The molecule has 0 aliphatic heterocycles. The summed E-state index contributed by atoms with van der Waals surface area (Å²) in [6.45, 7) is 4.09. The van der Waals surface area contributed by atoms with Crippen LogP contribution in [0.15, 0.2) is 6.07 Å². The van der Waals surface area contributed by atoms with Gasteiger partial charge in [0, 0.05) is 17.0 Å². The number of H-pyrrole nitrogens is 1. The molecule has 1 fully saturated rings. The molecule has 3 heterocycles. The number of aromatic amines is 1. The molecule has 0 saturated heterocycles. The van der Waals surface area contributed by atoms with Crippen molar-refractivity contribution in [3.05, 3.63) is 17.3 Å². The monoisotopic (exact) mass is 328 g/mol. The van der Waals surface area contributed by atoms with E-state index in [9.17, 15) is 4.79 Å². The largest absolute Gasteiger partial charge is 0.308 e. The molecule has 120 valence electrons. The lowest BCUT2D eigenvalue weighted by Gasteiger charge is -2.19. The highest BCUT2D eigenvalue weighted by Gasteiger charge is 2.23. The molecule has 1 amide bonds. The van der Waals surface area contributed by atoms with Gasteiger partial charge in [0.2, 0.25) is 5.91 Å². The van der Waals surface area contributed by atoms with Crippen LogP contribution in [-0.4, -0.2) is 21.1 Å². The van der Waals surface area contributed by atoms with Crippen LogP contribution in [0.2, 0.25) is 0 Å². The number of amides is 1. The van der Waals surface area contributed by atoms with Crippen molar-refractivity contribution < 1.29 is 4.79 Å². The molecular formula is C17H20N4OS. The topological polar surface area (TPSA) is 70.7 Å². The first kappa shape index (κ1) is 14.6. The Labute approximate surface area is 138 Å². The van der Waals surface area contributed by atoms with Crippen LogP contribution >= 0.6 is 11.3 Å². The van der Waals surface area contributed by atoms with Crippen molar-refractivity contribution in [2.75, 3.05) is 5.32 Å². The van der Waals surface area contributed by atoms with Gasteiger partial charge >= 0.3 is 0 Å². The maximum atomic E-state index is 12.5. The Kier molecular flexibility index (Phi) is 3.56. The van der Waals surface area contributed by atoms with Crippen LogP contribution in [0.4, 0.5) is 5.82 Å². The highest BCUT2D eigenvalue weighted by molar-refractivity contribution is 7.26. The number of nitrogens with zero attached hydrogens (tertiary/aromatic N) is 2. The number of rotatable bonds is 2. The summed E-state index contributed by atoms with van der Waals surface area (Å²) in [7, 11) is 0. The highest BCUT2D eigenvalue weighted by atomic mass is 32.1. The molecule has 5 nitrogen and oxygen atoms in total. The number of hydrogen-bond acceptors (Lipinski definition) is 4. The minimum absolute atomic E-state index is 0.108. The molecule has 1 saturated carbocycles. The second-order valence-electron chi connectivity index (χ2n) is 6.46. The van der Waals surface area contributed by atoms with E-state index in [-0.39, 0.29) is 11.8 Å². The third-order valence-corrected chi connectivity index (χ3v) is 5.79. The Morgan fingerprint density at radius 2 is 2.09 bits per heavy atom. The zero-order valence-corrected chi connectivity index (χ0v) is 14.2. The van der Waals surface area contributed by atoms with Gasteiger partial charge < -0.3 is 5.32 Å². The average molecular weight is 328 g/mol. The van der Waals surface area contributed by atoms with E-state index in [0.29, 0.717) is 5.82 Å². The third kappa shape index (κ3) is 2.51. The zero-order chi connectivity index (χ0) is 16.0. The van der Waals surface area contributed by atoms with Crippen molar-refractivity contribution in [3.8, 4) is 0 Å². The van der Waals surface area contributed by atoms with Crippen LogP contribution in [0.5, 0.6) is 0 Å². The maximum absolute atomic E-state index is 12.5. The van der Waals surface area contributed by atoms with Crippen LogP contribution in [0, 0.1) is 19.8 Å². The molecule has 0 atom stereocenters. The summed E-state index contributed by atoms with van der Waals surface area (Å²) in [5.74, 6) is 0.888. The van der Waals surface area contributed by atoms with Crippen LogP contribution in [0.25, 0.3) is 20.4 Å². The van der Waals surface area contributed by atoms with Gasteiger partial charge in [0.05, 0.1) is 10.2 Å². The van der Waals surface area contributed by atoms with Crippen LogP contribution in [-0.2, 0) is 4.79 Å². The second-order valence-corrected chi connectivity index (χ2v) is 7.46. The summed E-state index contributed by atoms with van der Waals surface area (Å²) < 4.78 is 0.991. The first-order valence-corrected chi connectivity index (χ1v) is 9.01. The molecule has 3 aromatic heterocycles. The normalized spacial score (nSPS) is 16.3. The fourth-order valence-corrected chi connectivity index (χ4v) is 4.74. The smallest absolute Gasteiger partial charge is 0.228 e. The van der Waals surface area contributed by atoms with Crippen LogP contribution in [0.1, 0.15) is 43.4 Å². The molecule has 0 radical (unpaired) electrons. The van der Waals surface area contributed by atoms with E-state index < -0.39 is 0 Å². The van der Waals surface area contributed by atoms with Gasteiger partial charge in [-0.05, 0) is 38.3 Å². The molecule has 23 heavy (non-hydrogen) atoms. The fraction of sp³-hybridized carbons (Fsp3) is 0.471. The van der Waals surface area contributed by atoms with Crippen molar-refractivity contribution in [3.63, 3.8) is 0 Å². The second kappa shape index (κ2) is 5.60. The van der Waals surface area contributed by atoms with E-state index in [1.54, 1.807) is 11.3 Å². The highest BCUT2D eigenvalue weighted by Crippen LogP contribution is 2.37. The Bertz CT molecular complexity index is 889. The molecule has 0 unspecified atom stereocenters. The summed E-state index contributed by atoms with van der Waals surface area (Å²) in [6, 6.07) is 2.08. The number of nitrogens with one attached hydrogen (secondary N) is 2. The molecule has 6 heteroatoms. The van der Waals surface area contributed by atoms with Gasteiger partial charge in [0.1, 0.15) is 4.83 Å². The van der Waals surface area contributed by atoms with Crippen LogP contribution < -0.4 is 5.32 Å². The summed E-state index contributed by atoms with van der Waals surface area (Å²) in [5.41, 5.74) is 3.18. The maximum Gasteiger partial charge on any atom is 0.228 e. The average Bonchev–Trinajstić information content (AvgIpc) is 3.07. The Morgan fingerprint density at radius 3 is 2.87 bits per heavy atom. The van der Waals surface area contributed by atoms with E-state index in [0.717, 1.165) is 51.8 Å². The lowest BCUT2D eigenvalue weighted by atomic mass is 9.89. The van der Waals surface area contributed by atoms with E-state index in [1.807, 2.05) is 6.92 Å². The number of fused-ring (bicyclic) bond motifs is 3. The zero-order valence-electron chi connectivity index (χ0n) is 13.4. The first-order chi connectivity index (χ1) is 11.1. The SMILES string of the molecule is Cc1cc(C)c2c(n1)sc1c(NC(=O)C3CCCCC3)n[nH]c12. The van der Waals surface area contributed by atoms with Gasteiger partial charge in [-0.25, -0.2) is 4.98 Å². The quantitative estimate of drug-likeness (QED) is 0.736. The molecule has 1 aliphatic rings. The lowest BCUT2D eigenvalue weighted by molar-refractivity contribution is -0.120. The van der Waals surface area contributed by atoms with Gasteiger partial charge in [-0.3, -0.25) is 9.89 Å². The Hall–Kier alpha value is -1.95. The Balaban J connectivity index is 1.70. The van der Waals surface area contributed by atoms with Gasteiger partial charge in [-0.15, -0.1) is 11.3 Å². The van der Waals surface area contributed by atoms with Gasteiger partial charge in [0.25, 0.3) is 0 Å². The van der Waals surface area contributed by atoms with Crippen LogP contribution in [0.3, 0.4) is 0 Å². The van der Waals surface area contributed by atoms with E-state index in [1.165, 1.54) is 12.0 Å². The number of aryl methyl sites for hydroxylation is 2. The number of pyridine rings is 1. The molecule has 0 spiro atoms. The van der Waals surface area contributed by atoms with Crippen molar-refractivity contribution >= 4 is 43.5 Å². The van der Waals surface area contributed by atoms with Crippen molar-refractivity contribution in [1.82, 2.24) is 15.2 Å². The standard InChI is InChI=1S/C17H20N4OS/c1-9-8-10(2)18-17-12(9)13-14(23-17)15(21-20-13)19-16(22)11-6-4-3-5-7-11/h8,11H,3-7H2,1-2H3,(H2,19,20,21,22). The van der Waals surface area contributed by atoms with Gasteiger partial charge in [-0.2, -0.15) is 5.10 Å². The molecule has 0 aromatic carbocycles. The van der Waals surface area contributed by atoms with E-state index in [4.69, 9.17) is 0 Å². The minimum Gasteiger partial charge on any atom is -0.308 e. The molecule has 3 aromatic rings. The summed E-state index contributed by atoms with van der Waals surface area (Å²) in [6.07, 6.45) is 5.53. The number of thiophene rings is 1. The third-order valence-electron chi connectivity index (χ3n) is 4.70. The van der Waals surface area contributed by atoms with Crippen molar-refractivity contribution in [1.29, 1.82) is 0 Å². The lowest BCUT2D eigenvalue weighted by Crippen LogP contribution is -2.24. The predicted molar refractivity (Wildman–Crippen MR) is 94.0 cm³/mol. The fourth-order valence-electron chi connectivity index (χ4n) is 3.55. The van der Waals surface area contributed by atoms with Crippen molar-refractivity contribution in [2.24, 2.45) is 5.92 Å². The Morgan fingerprint density at radius 1 is 1.30 bits per heavy atom. The molecule has 4 rings (SSSR count).